The summed E-state index contributed by atoms with van der Waals surface area (Å²) in [5, 5.41) is 2.68. The van der Waals surface area contributed by atoms with Crippen LogP contribution in [0.2, 0.25) is 0 Å². The van der Waals surface area contributed by atoms with E-state index in [-0.39, 0.29) is 6.04 Å². The maximum Gasteiger partial charge on any atom is 0.151 e. The Morgan fingerprint density at radius 3 is 2.50 bits per heavy atom. The van der Waals surface area contributed by atoms with Gasteiger partial charge in [0.1, 0.15) is 0 Å². The number of benzene rings is 1. The van der Waals surface area contributed by atoms with Crippen LogP contribution in [0.25, 0.3) is 0 Å². The molecule has 1 rings (SSSR count). The lowest BCUT2D eigenvalue weighted by Crippen LogP contribution is -2.33. The number of sulfone groups is 1. The normalized spacial score (nSPS) is 15.3. The maximum absolute atomic E-state index is 11.7. The molecule has 4 heteroatoms. The van der Waals surface area contributed by atoms with Gasteiger partial charge in [-0.05, 0) is 31.5 Å². The third-order valence-corrected chi connectivity index (χ3v) is 4.93. The van der Waals surface area contributed by atoms with Gasteiger partial charge in [0.05, 0.1) is 5.25 Å². The number of nitrogens with one attached hydrogen (secondary N) is 1. The highest BCUT2D eigenvalue weighted by Crippen LogP contribution is 2.22. The van der Waals surface area contributed by atoms with Gasteiger partial charge >= 0.3 is 0 Å². The molecule has 0 spiro atoms. The molecule has 18 heavy (non-hydrogen) atoms. The Balaban J connectivity index is 3.05. The van der Waals surface area contributed by atoms with Crippen LogP contribution in [0.1, 0.15) is 37.4 Å². The summed E-state index contributed by atoms with van der Waals surface area (Å²) in [6.45, 7) is 3.89. The van der Waals surface area contributed by atoms with E-state index in [0.717, 1.165) is 18.4 Å². The molecule has 1 aromatic rings. The molecule has 0 aliphatic rings. The molecule has 3 nitrogen and oxygen atoms in total. The predicted molar refractivity (Wildman–Crippen MR) is 76.5 cm³/mol. The van der Waals surface area contributed by atoms with Crippen molar-refractivity contribution in [3.05, 3.63) is 35.4 Å². The lowest BCUT2D eigenvalue weighted by Gasteiger charge is -2.23. The first kappa shape index (κ1) is 15.2. The molecule has 0 radical (unpaired) electrons. The van der Waals surface area contributed by atoms with Gasteiger partial charge in [0.25, 0.3) is 0 Å². The number of hydrogen-bond acceptors (Lipinski definition) is 3. The lowest BCUT2D eigenvalue weighted by molar-refractivity contribution is 0.534. The van der Waals surface area contributed by atoms with Crippen LogP contribution in [0.3, 0.4) is 0 Å². The average Bonchev–Trinajstić information content (AvgIpc) is 2.29. The highest BCUT2D eigenvalue weighted by molar-refractivity contribution is 7.91. The minimum atomic E-state index is -3.05. The van der Waals surface area contributed by atoms with E-state index < -0.39 is 15.1 Å². The monoisotopic (exact) mass is 269 g/mol. The van der Waals surface area contributed by atoms with Crippen molar-refractivity contribution in [1.29, 1.82) is 0 Å². The van der Waals surface area contributed by atoms with Crippen LogP contribution >= 0.6 is 0 Å². The summed E-state index contributed by atoms with van der Waals surface area (Å²) in [5.74, 6) is 0. The quantitative estimate of drug-likeness (QED) is 0.862. The van der Waals surface area contributed by atoms with E-state index in [1.165, 1.54) is 11.8 Å². The van der Waals surface area contributed by atoms with Crippen molar-refractivity contribution in [3.8, 4) is 0 Å². The van der Waals surface area contributed by atoms with Gasteiger partial charge in [0, 0.05) is 12.3 Å². The molecular weight excluding hydrogens is 246 g/mol. The first-order valence-electron chi connectivity index (χ1n) is 6.35. The summed E-state index contributed by atoms with van der Waals surface area (Å²) in [7, 11) is -1.25. The molecule has 2 atom stereocenters. The topological polar surface area (TPSA) is 46.2 Å². The third kappa shape index (κ3) is 3.82. The maximum atomic E-state index is 11.7. The summed E-state index contributed by atoms with van der Waals surface area (Å²) >= 11 is 0. The van der Waals surface area contributed by atoms with Gasteiger partial charge in [-0.2, -0.15) is 0 Å². The summed E-state index contributed by atoms with van der Waals surface area (Å²) in [5.41, 5.74) is 2.30. The first-order chi connectivity index (χ1) is 8.40. The van der Waals surface area contributed by atoms with Crippen LogP contribution in [0.15, 0.2) is 24.3 Å². The molecule has 102 valence electrons. The zero-order chi connectivity index (χ0) is 13.8. The number of rotatable bonds is 6. The Morgan fingerprint density at radius 1 is 1.33 bits per heavy atom. The first-order valence-corrected chi connectivity index (χ1v) is 8.30. The Hall–Kier alpha value is -0.870. The molecule has 2 unspecified atom stereocenters. The third-order valence-electron chi connectivity index (χ3n) is 3.30. The molecule has 0 aliphatic heterocycles. The fourth-order valence-corrected chi connectivity index (χ4v) is 2.94. The molecule has 0 aliphatic carbocycles. The predicted octanol–water partition coefficient (Wildman–Crippen LogP) is 2.33. The molecule has 0 bridgehead atoms. The van der Waals surface area contributed by atoms with Gasteiger partial charge in [0.2, 0.25) is 0 Å². The molecule has 1 aromatic carbocycles. The van der Waals surface area contributed by atoms with E-state index in [9.17, 15) is 8.42 Å². The summed E-state index contributed by atoms with van der Waals surface area (Å²) < 4.78 is 23.4. The molecule has 0 saturated carbocycles. The minimum Gasteiger partial charge on any atom is -0.312 e. The smallest absolute Gasteiger partial charge is 0.151 e. The molecule has 0 aromatic heterocycles. The lowest BCUT2D eigenvalue weighted by atomic mass is 10.00. The highest BCUT2D eigenvalue weighted by Gasteiger charge is 2.25. The van der Waals surface area contributed by atoms with E-state index in [1.54, 1.807) is 14.0 Å². The van der Waals surface area contributed by atoms with Crippen molar-refractivity contribution in [2.24, 2.45) is 0 Å². The number of hydrogen-bond donors (Lipinski definition) is 1. The zero-order valence-corrected chi connectivity index (χ0v) is 12.4. The molecule has 0 amide bonds. The second-order valence-corrected chi connectivity index (χ2v) is 7.20. The van der Waals surface area contributed by atoms with Gasteiger partial charge in [0.15, 0.2) is 9.84 Å². The van der Waals surface area contributed by atoms with Crippen molar-refractivity contribution in [3.63, 3.8) is 0 Å². The largest absolute Gasteiger partial charge is 0.312 e. The van der Waals surface area contributed by atoms with Crippen LogP contribution in [0.4, 0.5) is 0 Å². The zero-order valence-electron chi connectivity index (χ0n) is 11.6. The van der Waals surface area contributed by atoms with E-state index in [0.29, 0.717) is 0 Å². The summed E-state index contributed by atoms with van der Waals surface area (Å²) in [6.07, 6.45) is 3.41. The highest BCUT2D eigenvalue weighted by atomic mass is 32.2. The Labute approximate surface area is 111 Å². The van der Waals surface area contributed by atoms with E-state index >= 15 is 0 Å². The van der Waals surface area contributed by atoms with Gasteiger partial charge in [-0.3, -0.25) is 0 Å². The average molecular weight is 269 g/mol. The summed E-state index contributed by atoms with van der Waals surface area (Å²) in [6, 6.07) is 8.02. The van der Waals surface area contributed by atoms with E-state index in [4.69, 9.17) is 0 Å². The molecule has 0 heterocycles. The minimum absolute atomic E-state index is 0.156. The van der Waals surface area contributed by atoms with Gasteiger partial charge in [-0.15, -0.1) is 0 Å². The van der Waals surface area contributed by atoms with E-state index in [1.807, 2.05) is 12.1 Å². The van der Waals surface area contributed by atoms with Crippen molar-refractivity contribution < 1.29 is 8.42 Å². The Bertz CT molecular complexity index is 482. The van der Waals surface area contributed by atoms with Crippen LogP contribution in [0.5, 0.6) is 0 Å². The fraction of sp³-hybridized carbons (Fsp3) is 0.571. The second kappa shape index (κ2) is 6.34. The summed E-state index contributed by atoms with van der Waals surface area (Å²) in [4.78, 5) is 0. The second-order valence-electron chi connectivity index (χ2n) is 4.80. The standard InChI is InChI=1S/C14H23NO2S/c1-5-7-12-8-6-9-13(10-12)14(15-3)11(2)18(4,16)17/h6,8-11,14-15H,5,7H2,1-4H3. The van der Waals surface area contributed by atoms with Gasteiger partial charge < -0.3 is 5.32 Å². The molecule has 1 N–H and O–H groups in total. The van der Waals surface area contributed by atoms with Crippen molar-refractivity contribution >= 4 is 9.84 Å². The SMILES string of the molecule is CCCc1cccc(C(NC)C(C)S(C)(=O)=O)c1. The van der Waals surface area contributed by atoms with Crippen molar-refractivity contribution in [2.45, 2.75) is 38.0 Å². The molecule has 0 fully saturated rings. The van der Waals surface area contributed by atoms with Crippen molar-refractivity contribution in [2.75, 3.05) is 13.3 Å². The Kier molecular flexibility index (Phi) is 5.35. The fourth-order valence-electron chi connectivity index (χ4n) is 2.15. The van der Waals surface area contributed by atoms with Gasteiger partial charge in [-0.1, -0.05) is 37.6 Å². The van der Waals surface area contributed by atoms with Crippen molar-refractivity contribution in [1.82, 2.24) is 5.32 Å². The van der Waals surface area contributed by atoms with Crippen LogP contribution in [0, 0.1) is 0 Å². The van der Waals surface area contributed by atoms with Crippen LogP contribution in [-0.4, -0.2) is 27.0 Å². The van der Waals surface area contributed by atoms with Crippen LogP contribution in [-0.2, 0) is 16.3 Å². The Morgan fingerprint density at radius 2 is 2.00 bits per heavy atom. The molecular formula is C14H23NO2S. The van der Waals surface area contributed by atoms with E-state index in [2.05, 4.69) is 24.4 Å². The van der Waals surface area contributed by atoms with Gasteiger partial charge in [-0.25, -0.2) is 8.42 Å². The van der Waals surface area contributed by atoms with Crippen LogP contribution < -0.4 is 5.32 Å². The number of aryl methyl sites for hydroxylation is 1. The molecule has 0 saturated heterocycles.